The summed E-state index contributed by atoms with van der Waals surface area (Å²) >= 11 is 3.79. The van der Waals surface area contributed by atoms with Crippen LogP contribution < -0.4 is 4.57 Å². The van der Waals surface area contributed by atoms with Gasteiger partial charge in [-0.15, -0.1) is 11.8 Å². The van der Waals surface area contributed by atoms with Crippen LogP contribution in [0, 0.1) is 0 Å². The fourth-order valence-electron chi connectivity index (χ4n) is 1.93. The zero-order chi connectivity index (χ0) is 12.3. The number of aryl methyl sites for hydroxylation is 1. The maximum Gasteiger partial charge on any atom is 0.263 e. The van der Waals surface area contributed by atoms with Crippen LogP contribution in [0.15, 0.2) is 29.2 Å². The largest absolute Gasteiger partial charge is 0.263 e. The average molecular weight is 264 g/mol. The molecule has 0 N–H and O–H groups in total. The molecule has 2 rings (SSSR count). The van der Waals surface area contributed by atoms with Gasteiger partial charge in [0.2, 0.25) is 5.52 Å². The molecule has 0 unspecified atom stereocenters. The van der Waals surface area contributed by atoms with Crippen molar-refractivity contribution in [2.75, 3.05) is 5.75 Å². The summed E-state index contributed by atoms with van der Waals surface area (Å²) in [6.45, 7) is 7.62. The van der Waals surface area contributed by atoms with Gasteiger partial charge in [-0.2, -0.15) is 4.57 Å². The lowest BCUT2D eigenvalue weighted by Gasteiger charge is -1.95. The molecule has 0 fully saturated rings. The molecule has 1 nitrogen and oxygen atoms in total. The Morgan fingerprint density at radius 1 is 1.35 bits per heavy atom. The number of thiazole rings is 1. The molecule has 17 heavy (non-hydrogen) atoms. The van der Waals surface area contributed by atoms with Gasteiger partial charge in [-0.05, 0) is 30.6 Å². The quantitative estimate of drug-likeness (QED) is 0.744. The molecule has 1 heterocycles. The van der Waals surface area contributed by atoms with Crippen LogP contribution >= 0.6 is 23.1 Å². The minimum Gasteiger partial charge on any atom is -0.182 e. The van der Waals surface area contributed by atoms with Gasteiger partial charge in [0, 0.05) is 12.1 Å². The van der Waals surface area contributed by atoms with E-state index < -0.39 is 0 Å². The van der Waals surface area contributed by atoms with Gasteiger partial charge in [-0.1, -0.05) is 30.4 Å². The van der Waals surface area contributed by atoms with E-state index in [9.17, 15) is 0 Å². The summed E-state index contributed by atoms with van der Waals surface area (Å²) < 4.78 is 3.76. The summed E-state index contributed by atoms with van der Waals surface area (Å²) in [7, 11) is 0. The molecule has 90 valence electrons. The lowest BCUT2D eigenvalue weighted by atomic mass is 10.3. The number of para-hydroxylation sites is 1. The summed E-state index contributed by atoms with van der Waals surface area (Å²) in [5.41, 5.74) is 1.35. The van der Waals surface area contributed by atoms with Crippen molar-refractivity contribution in [3.63, 3.8) is 0 Å². The highest BCUT2D eigenvalue weighted by molar-refractivity contribution is 8.03. The Morgan fingerprint density at radius 2 is 2.12 bits per heavy atom. The summed E-state index contributed by atoms with van der Waals surface area (Å²) in [6, 6.07) is 8.63. The Labute approximate surface area is 111 Å². The lowest BCUT2D eigenvalue weighted by molar-refractivity contribution is -0.665. The second-order valence-electron chi connectivity index (χ2n) is 3.84. The third-order valence-corrected chi connectivity index (χ3v) is 4.63. The monoisotopic (exact) mass is 264 g/mol. The summed E-state index contributed by atoms with van der Waals surface area (Å²) in [6.07, 6.45) is 2.31. The molecule has 0 saturated carbocycles. The Hall–Kier alpha value is -0.800. The fraction of sp³-hybridized carbons (Fsp3) is 0.357. The van der Waals surface area contributed by atoms with Crippen molar-refractivity contribution in [3.8, 4) is 0 Å². The van der Waals surface area contributed by atoms with Gasteiger partial charge >= 0.3 is 0 Å². The van der Waals surface area contributed by atoms with Crippen molar-refractivity contribution < 1.29 is 4.57 Å². The molecular formula is C14H18NS2+. The van der Waals surface area contributed by atoms with E-state index in [1.54, 1.807) is 0 Å². The Morgan fingerprint density at radius 3 is 2.82 bits per heavy atom. The van der Waals surface area contributed by atoms with E-state index in [2.05, 4.69) is 55.7 Å². The zero-order valence-corrected chi connectivity index (χ0v) is 12.2. The number of nitrogens with zero attached hydrogens (tertiary/aromatic N) is 1. The van der Waals surface area contributed by atoms with E-state index in [4.69, 9.17) is 0 Å². The first kappa shape index (κ1) is 12.7. The number of rotatable bonds is 4. The first-order valence-corrected chi connectivity index (χ1v) is 7.79. The third kappa shape index (κ3) is 2.72. The standard InChI is InChI=1S/C14H18NS2/c1-4-15-12-8-6-7-9-13(12)17-14(15)10-11(3)16-5-2/h6-10H,4-5H2,1-3H3/q+1/b11-10+. The number of allylic oxidation sites excluding steroid dienone is 1. The molecule has 0 spiro atoms. The SMILES string of the molecule is CCS/C(C)=C/c1sc2ccccc2[n+]1CC. The maximum absolute atomic E-state index is 2.39. The molecule has 0 atom stereocenters. The Bertz CT molecular complexity index is 540. The van der Waals surface area contributed by atoms with Crippen molar-refractivity contribution >= 4 is 39.4 Å². The number of aromatic nitrogens is 1. The van der Waals surface area contributed by atoms with E-state index in [1.165, 1.54) is 20.1 Å². The van der Waals surface area contributed by atoms with Gasteiger partial charge in [0.25, 0.3) is 5.01 Å². The van der Waals surface area contributed by atoms with Gasteiger partial charge < -0.3 is 0 Å². The normalized spacial score (nSPS) is 12.3. The predicted octanol–water partition coefficient (Wildman–Crippen LogP) is 4.32. The molecule has 1 aromatic carbocycles. The molecule has 0 bridgehead atoms. The van der Waals surface area contributed by atoms with Crippen LogP contribution in [0.2, 0.25) is 0 Å². The highest BCUT2D eigenvalue weighted by Crippen LogP contribution is 2.24. The van der Waals surface area contributed by atoms with Crippen LogP contribution in [0.5, 0.6) is 0 Å². The summed E-state index contributed by atoms with van der Waals surface area (Å²) in [4.78, 5) is 1.39. The third-order valence-electron chi connectivity index (χ3n) is 2.65. The molecule has 3 heteroatoms. The van der Waals surface area contributed by atoms with E-state index in [0.29, 0.717) is 0 Å². The molecule has 2 aromatic rings. The van der Waals surface area contributed by atoms with Gasteiger partial charge in [-0.25, -0.2) is 0 Å². The Balaban J connectivity index is 2.50. The maximum atomic E-state index is 2.39. The van der Waals surface area contributed by atoms with E-state index in [-0.39, 0.29) is 0 Å². The molecule has 1 aromatic heterocycles. The summed E-state index contributed by atoms with van der Waals surface area (Å²) in [5, 5.41) is 1.35. The number of fused-ring (bicyclic) bond motifs is 1. The number of hydrogen-bond acceptors (Lipinski definition) is 2. The smallest absolute Gasteiger partial charge is 0.182 e. The molecule has 0 radical (unpaired) electrons. The van der Waals surface area contributed by atoms with Gasteiger partial charge in [0.15, 0.2) is 0 Å². The highest BCUT2D eigenvalue weighted by atomic mass is 32.2. The summed E-state index contributed by atoms with van der Waals surface area (Å²) in [5.74, 6) is 1.14. The minimum atomic E-state index is 1.03. The molecule has 0 aliphatic heterocycles. The second kappa shape index (κ2) is 5.69. The van der Waals surface area contributed by atoms with Gasteiger partial charge in [0.1, 0.15) is 11.2 Å². The van der Waals surface area contributed by atoms with Crippen LogP contribution in [-0.2, 0) is 6.54 Å². The number of thioether (sulfide) groups is 1. The Kier molecular flexibility index (Phi) is 4.24. The van der Waals surface area contributed by atoms with E-state index in [1.807, 2.05) is 23.1 Å². The number of benzene rings is 1. The van der Waals surface area contributed by atoms with Crippen molar-refractivity contribution in [1.82, 2.24) is 0 Å². The predicted molar refractivity (Wildman–Crippen MR) is 79.5 cm³/mol. The molecule has 0 aliphatic rings. The van der Waals surface area contributed by atoms with Crippen LogP contribution in [-0.4, -0.2) is 5.75 Å². The van der Waals surface area contributed by atoms with Crippen molar-refractivity contribution in [2.45, 2.75) is 27.3 Å². The zero-order valence-electron chi connectivity index (χ0n) is 10.6. The van der Waals surface area contributed by atoms with Crippen LogP contribution in [0.1, 0.15) is 25.8 Å². The second-order valence-corrected chi connectivity index (χ2v) is 6.41. The van der Waals surface area contributed by atoms with Crippen LogP contribution in [0.4, 0.5) is 0 Å². The molecule has 0 aliphatic carbocycles. The van der Waals surface area contributed by atoms with Crippen molar-refractivity contribution in [2.24, 2.45) is 0 Å². The van der Waals surface area contributed by atoms with Crippen LogP contribution in [0.3, 0.4) is 0 Å². The fourth-order valence-corrected chi connectivity index (χ4v) is 3.88. The topological polar surface area (TPSA) is 3.88 Å². The average Bonchev–Trinajstić information content (AvgIpc) is 2.66. The first-order valence-electron chi connectivity index (χ1n) is 5.98. The minimum absolute atomic E-state index is 1.03. The van der Waals surface area contributed by atoms with Gasteiger partial charge in [0.05, 0.1) is 0 Å². The first-order chi connectivity index (χ1) is 8.26. The highest BCUT2D eigenvalue weighted by Gasteiger charge is 2.16. The molecule has 0 saturated heterocycles. The van der Waals surface area contributed by atoms with E-state index >= 15 is 0 Å². The van der Waals surface area contributed by atoms with Crippen molar-refractivity contribution in [3.05, 3.63) is 34.2 Å². The van der Waals surface area contributed by atoms with E-state index in [0.717, 1.165) is 12.3 Å². The molecule has 0 amide bonds. The lowest BCUT2D eigenvalue weighted by Crippen LogP contribution is -2.33. The number of hydrogen-bond donors (Lipinski definition) is 0. The van der Waals surface area contributed by atoms with Gasteiger partial charge in [-0.3, -0.25) is 0 Å². The van der Waals surface area contributed by atoms with Crippen molar-refractivity contribution in [1.29, 1.82) is 0 Å². The molecular weight excluding hydrogens is 246 g/mol. The van der Waals surface area contributed by atoms with Crippen LogP contribution in [0.25, 0.3) is 16.3 Å².